The maximum absolute atomic E-state index is 13.0. The molecule has 1 aliphatic rings. The molecule has 1 aromatic heterocycles. The van der Waals surface area contributed by atoms with E-state index < -0.39 is 0 Å². The number of nitrogens with zero attached hydrogens (tertiary/aromatic N) is 3. The van der Waals surface area contributed by atoms with Crippen molar-refractivity contribution in [3.63, 3.8) is 0 Å². The largest absolute Gasteiger partial charge is 0.493 e. The fourth-order valence-electron chi connectivity index (χ4n) is 4.70. The monoisotopic (exact) mass is 437 g/mol. The van der Waals surface area contributed by atoms with E-state index in [1.165, 1.54) is 16.7 Å². The third-order valence-corrected chi connectivity index (χ3v) is 5.99. The second kappa shape index (κ2) is 9.04. The lowest BCUT2D eigenvalue weighted by atomic mass is 9.96. The molecule has 2 heterocycles. The predicted octanol–water partition coefficient (Wildman–Crippen LogP) is 3.74. The quantitative estimate of drug-likeness (QED) is 0.607. The van der Waals surface area contributed by atoms with Gasteiger partial charge in [0.05, 0.1) is 19.9 Å². The average Bonchev–Trinajstić information content (AvgIpc) is 2.74. The Labute approximate surface area is 188 Å². The highest BCUT2D eigenvalue weighted by molar-refractivity contribution is 5.75. The van der Waals surface area contributed by atoms with E-state index in [2.05, 4.69) is 49.7 Å². The standard InChI is InChI=1S/C25H29N3O3.H2O/c1-7-27(24-16(3)10-15(2)11-17(24)4)23-14-20-19-13-22(31-6)21(30-5)12-18(19)8-9-28(20)25(29)26-23;/h10-14H,7-9H2,1-6H3;1H2. The van der Waals surface area contributed by atoms with Crippen LogP contribution in [0, 0.1) is 20.8 Å². The zero-order chi connectivity index (χ0) is 22.3. The number of methoxy groups -OCH3 is 2. The first-order chi connectivity index (χ1) is 14.9. The molecule has 0 saturated carbocycles. The molecule has 0 amide bonds. The number of hydrogen-bond acceptors (Lipinski definition) is 5. The average molecular weight is 438 g/mol. The first kappa shape index (κ1) is 23.3. The first-order valence-corrected chi connectivity index (χ1v) is 10.6. The van der Waals surface area contributed by atoms with Crippen molar-refractivity contribution in [2.24, 2.45) is 0 Å². The molecule has 7 heteroatoms. The smallest absolute Gasteiger partial charge is 0.350 e. The SMILES string of the molecule is CCN(c1cc2n(c(=O)n1)CCc1cc(OC)c(OC)cc1-2)c1c(C)cc(C)cc1C.O. The van der Waals surface area contributed by atoms with E-state index in [4.69, 9.17) is 9.47 Å². The molecule has 0 unspecified atom stereocenters. The van der Waals surface area contributed by atoms with E-state index in [9.17, 15) is 4.79 Å². The maximum atomic E-state index is 13.0. The van der Waals surface area contributed by atoms with Gasteiger partial charge in [-0.2, -0.15) is 4.98 Å². The number of fused-ring (bicyclic) bond motifs is 3. The number of anilines is 2. The fraction of sp³-hybridized carbons (Fsp3) is 0.360. The van der Waals surface area contributed by atoms with Gasteiger partial charge in [-0.15, -0.1) is 0 Å². The Bertz CT molecular complexity index is 1190. The summed E-state index contributed by atoms with van der Waals surface area (Å²) >= 11 is 0. The van der Waals surface area contributed by atoms with Gasteiger partial charge in [0.25, 0.3) is 0 Å². The lowest BCUT2D eigenvalue weighted by molar-refractivity contribution is 0.354. The van der Waals surface area contributed by atoms with Crippen molar-refractivity contribution < 1.29 is 14.9 Å². The highest BCUT2D eigenvalue weighted by Gasteiger charge is 2.24. The minimum Gasteiger partial charge on any atom is -0.493 e. The summed E-state index contributed by atoms with van der Waals surface area (Å²) in [4.78, 5) is 19.6. The number of hydrogen-bond donors (Lipinski definition) is 0. The summed E-state index contributed by atoms with van der Waals surface area (Å²) in [6, 6.07) is 10.3. The summed E-state index contributed by atoms with van der Waals surface area (Å²) in [5.41, 5.74) is 7.43. The zero-order valence-electron chi connectivity index (χ0n) is 19.6. The van der Waals surface area contributed by atoms with E-state index in [0.717, 1.165) is 28.9 Å². The summed E-state index contributed by atoms with van der Waals surface area (Å²) < 4.78 is 12.7. The Morgan fingerprint density at radius 2 is 1.62 bits per heavy atom. The molecule has 1 aliphatic heterocycles. The van der Waals surface area contributed by atoms with E-state index in [1.54, 1.807) is 18.8 Å². The Morgan fingerprint density at radius 1 is 1.00 bits per heavy atom. The van der Waals surface area contributed by atoms with Gasteiger partial charge in [0.1, 0.15) is 5.82 Å². The van der Waals surface area contributed by atoms with Gasteiger partial charge in [-0.3, -0.25) is 4.57 Å². The molecule has 170 valence electrons. The van der Waals surface area contributed by atoms with Crippen LogP contribution >= 0.6 is 0 Å². The van der Waals surface area contributed by atoms with Crippen LogP contribution in [0.15, 0.2) is 35.1 Å². The topological polar surface area (TPSA) is 88.1 Å². The molecule has 0 fully saturated rings. The van der Waals surface area contributed by atoms with Crippen LogP contribution in [0.3, 0.4) is 0 Å². The normalized spacial score (nSPS) is 11.8. The molecule has 7 nitrogen and oxygen atoms in total. The lowest BCUT2D eigenvalue weighted by Gasteiger charge is -2.29. The van der Waals surface area contributed by atoms with Gasteiger partial charge >= 0.3 is 5.69 Å². The molecule has 32 heavy (non-hydrogen) atoms. The summed E-state index contributed by atoms with van der Waals surface area (Å²) in [7, 11) is 3.26. The van der Waals surface area contributed by atoms with Crippen LogP contribution in [0.1, 0.15) is 29.2 Å². The molecule has 2 aromatic carbocycles. The third-order valence-electron chi connectivity index (χ3n) is 5.99. The maximum Gasteiger partial charge on any atom is 0.350 e. The molecular weight excluding hydrogens is 406 g/mol. The van der Waals surface area contributed by atoms with E-state index >= 15 is 0 Å². The number of aromatic nitrogens is 2. The predicted molar refractivity (Wildman–Crippen MR) is 128 cm³/mol. The van der Waals surface area contributed by atoms with Crippen LogP contribution in [-0.2, 0) is 13.0 Å². The van der Waals surface area contributed by atoms with Gasteiger partial charge < -0.3 is 19.8 Å². The van der Waals surface area contributed by atoms with Crippen LogP contribution in [0.4, 0.5) is 11.5 Å². The van der Waals surface area contributed by atoms with Crippen molar-refractivity contribution in [2.75, 3.05) is 25.7 Å². The lowest BCUT2D eigenvalue weighted by Crippen LogP contribution is -2.31. The van der Waals surface area contributed by atoms with Crippen LogP contribution in [0.25, 0.3) is 11.3 Å². The van der Waals surface area contributed by atoms with Crippen LogP contribution in [0.5, 0.6) is 11.5 Å². The Balaban J connectivity index is 0.00000289. The van der Waals surface area contributed by atoms with Crippen LogP contribution in [-0.4, -0.2) is 35.8 Å². The van der Waals surface area contributed by atoms with Crippen molar-refractivity contribution in [3.8, 4) is 22.8 Å². The summed E-state index contributed by atoms with van der Waals surface area (Å²) in [5.74, 6) is 2.02. The zero-order valence-corrected chi connectivity index (χ0v) is 19.6. The second-order valence-corrected chi connectivity index (χ2v) is 8.04. The van der Waals surface area contributed by atoms with E-state index in [-0.39, 0.29) is 11.2 Å². The van der Waals surface area contributed by atoms with Gasteiger partial charge in [-0.05, 0) is 62.9 Å². The van der Waals surface area contributed by atoms with E-state index in [0.29, 0.717) is 30.4 Å². The van der Waals surface area contributed by atoms with Gasteiger partial charge in [0.2, 0.25) is 0 Å². The van der Waals surface area contributed by atoms with Crippen molar-refractivity contribution in [1.29, 1.82) is 0 Å². The Hall–Kier alpha value is -3.32. The Morgan fingerprint density at radius 3 is 2.22 bits per heavy atom. The van der Waals surface area contributed by atoms with Crippen molar-refractivity contribution in [3.05, 3.63) is 63.1 Å². The van der Waals surface area contributed by atoms with Crippen molar-refractivity contribution in [1.82, 2.24) is 9.55 Å². The molecule has 4 rings (SSSR count). The molecule has 0 bridgehead atoms. The van der Waals surface area contributed by atoms with Gasteiger partial charge in [0, 0.05) is 30.4 Å². The highest BCUT2D eigenvalue weighted by atomic mass is 16.5. The Kier molecular flexibility index (Phi) is 6.60. The molecule has 0 atom stereocenters. The summed E-state index contributed by atoms with van der Waals surface area (Å²) in [5, 5.41) is 0. The minimum absolute atomic E-state index is 0. The number of aryl methyl sites for hydroxylation is 4. The number of rotatable bonds is 5. The van der Waals surface area contributed by atoms with E-state index in [1.807, 2.05) is 18.2 Å². The molecular formula is C25H31N3O4. The van der Waals surface area contributed by atoms with Crippen molar-refractivity contribution in [2.45, 2.75) is 40.7 Å². The van der Waals surface area contributed by atoms with Gasteiger partial charge in [-0.25, -0.2) is 4.79 Å². The van der Waals surface area contributed by atoms with Gasteiger partial charge in [0.15, 0.2) is 11.5 Å². The molecule has 0 radical (unpaired) electrons. The molecule has 2 N–H and O–H groups in total. The number of ether oxygens (including phenoxy) is 2. The number of benzene rings is 2. The minimum atomic E-state index is -0.228. The third kappa shape index (κ3) is 3.84. The highest BCUT2D eigenvalue weighted by Crippen LogP contribution is 2.39. The second-order valence-electron chi connectivity index (χ2n) is 8.04. The molecule has 0 spiro atoms. The van der Waals surface area contributed by atoms with Crippen LogP contribution < -0.4 is 20.1 Å². The van der Waals surface area contributed by atoms with Gasteiger partial charge in [-0.1, -0.05) is 17.7 Å². The fourth-order valence-corrected chi connectivity index (χ4v) is 4.70. The molecule has 0 aliphatic carbocycles. The summed E-state index contributed by atoms with van der Waals surface area (Å²) in [6.45, 7) is 9.70. The molecule has 0 saturated heterocycles. The first-order valence-electron chi connectivity index (χ1n) is 10.6. The van der Waals surface area contributed by atoms with Crippen LogP contribution in [0.2, 0.25) is 0 Å². The molecule has 3 aromatic rings. The summed E-state index contributed by atoms with van der Waals surface area (Å²) in [6.07, 6.45) is 0.747. The van der Waals surface area contributed by atoms with Crippen molar-refractivity contribution >= 4 is 11.5 Å².